The van der Waals surface area contributed by atoms with Crippen molar-refractivity contribution in [1.29, 1.82) is 0 Å². The zero-order valence-electron chi connectivity index (χ0n) is 9.74. The molecule has 1 amide bonds. The molecule has 82 valence electrons. The predicted octanol–water partition coefficient (Wildman–Crippen LogP) is 2.35. The van der Waals surface area contributed by atoms with E-state index in [9.17, 15) is 4.79 Å². The maximum Gasteiger partial charge on any atom is 0.226 e. The summed E-state index contributed by atoms with van der Waals surface area (Å²) in [6.07, 6.45) is 0. The molecule has 1 aromatic rings. The van der Waals surface area contributed by atoms with Crippen LogP contribution in [0.15, 0.2) is 24.3 Å². The van der Waals surface area contributed by atoms with Crippen LogP contribution in [-0.2, 0) is 4.79 Å². The second-order valence-electron chi connectivity index (χ2n) is 4.06. The van der Waals surface area contributed by atoms with E-state index in [1.54, 1.807) is 0 Å². The van der Waals surface area contributed by atoms with E-state index in [1.807, 2.05) is 57.1 Å². The lowest BCUT2D eigenvalue weighted by Gasteiger charge is -2.18. The van der Waals surface area contributed by atoms with E-state index in [1.165, 1.54) is 0 Å². The maximum absolute atomic E-state index is 11.6. The van der Waals surface area contributed by atoms with Gasteiger partial charge in [-0.15, -0.1) is 0 Å². The number of amides is 1. The van der Waals surface area contributed by atoms with Gasteiger partial charge in [0.2, 0.25) is 5.91 Å². The summed E-state index contributed by atoms with van der Waals surface area (Å²) in [5.74, 6) is 0.0459. The molecule has 3 heteroatoms. The van der Waals surface area contributed by atoms with Crippen molar-refractivity contribution < 1.29 is 4.79 Å². The van der Waals surface area contributed by atoms with Gasteiger partial charge in [-0.05, 0) is 12.1 Å². The van der Waals surface area contributed by atoms with Crippen LogP contribution in [0, 0.1) is 5.92 Å². The minimum atomic E-state index is 0.000202. The summed E-state index contributed by atoms with van der Waals surface area (Å²) in [5.41, 5.74) is 1.88. The molecule has 0 saturated heterocycles. The number of anilines is 2. The SMILES string of the molecule is CC(C)C(=O)Nc1ccccc1N(C)C. The molecule has 0 radical (unpaired) electrons. The zero-order chi connectivity index (χ0) is 11.4. The first-order valence-electron chi connectivity index (χ1n) is 5.09. The number of hydrogen-bond acceptors (Lipinski definition) is 2. The molecule has 15 heavy (non-hydrogen) atoms. The molecule has 0 aliphatic rings. The molecule has 0 aliphatic heterocycles. The number of para-hydroxylation sites is 2. The molecule has 0 aromatic heterocycles. The molecule has 0 heterocycles. The smallest absolute Gasteiger partial charge is 0.226 e. The molecular weight excluding hydrogens is 188 g/mol. The highest BCUT2D eigenvalue weighted by molar-refractivity contribution is 5.95. The van der Waals surface area contributed by atoms with Gasteiger partial charge in [-0.1, -0.05) is 26.0 Å². The number of carbonyl (C=O) groups is 1. The Hall–Kier alpha value is -1.51. The molecule has 0 aliphatic carbocycles. The third kappa shape index (κ3) is 2.98. The fraction of sp³-hybridized carbons (Fsp3) is 0.417. The van der Waals surface area contributed by atoms with E-state index in [-0.39, 0.29) is 11.8 Å². The Morgan fingerprint density at radius 1 is 1.27 bits per heavy atom. The summed E-state index contributed by atoms with van der Waals surface area (Å²) in [6, 6.07) is 7.77. The standard InChI is InChI=1S/C12H18N2O/c1-9(2)12(15)13-10-7-5-6-8-11(10)14(3)4/h5-9H,1-4H3,(H,13,15). The van der Waals surface area contributed by atoms with E-state index < -0.39 is 0 Å². The van der Waals surface area contributed by atoms with Crippen LogP contribution in [0.4, 0.5) is 11.4 Å². The van der Waals surface area contributed by atoms with Gasteiger partial charge in [-0.25, -0.2) is 0 Å². The van der Waals surface area contributed by atoms with Crippen LogP contribution in [0.1, 0.15) is 13.8 Å². The molecule has 0 atom stereocenters. The summed E-state index contributed by atoms with van der Waals surface area (Å²) in [4.78, 5) is 13.5. The average Bonchev–Trinajstić information content (AvgIpc) is 2.18. The van der Waals surface area contributed by atoms with E-state index in [2.05, 4.69) is 5.32 Å². The van der Waals surface area contributed by atoms with Crippen LogP contribution in [0.5, 0.6) is 0 Å². The first-order chi connectivity index (χ1) is 7.02. The summed E-state index contributed by atoms with van der Waals surface area (Å²) >= 11 is 0. The summed E-state index contributed by atoms with van der Waals surface area (Å²) in [5, 5.41) is 2.91. The van der Waals surface area contributed by atoms with Gasteiger partial charge in [0, 0.05) is 20.0 Å². The Morgan fingerprint density at radius 3 is 2.40 bits per heavy atom. The lowest BCUT2D eigenvalue weighted by Crippen LogP contribution is -2.20. The predicted molar refractivity (Wildman–Crippen MR) is 64.2 cm³/mol. The highest BCUT2D eigenvalue weighted by Gasteiger charge is 2.10. The zero-order valence-corrected chi connectivity index (χ0v) is 9.74. The number of nitrogens with zero attached hydrogens (tertiary/aromatic N) is 1. The first-order valence-corrected chi connectivity index (χ1v) is 5.09. The fourth-order valence-corrected chi connectivity index (χ4v) is 1.25. The molecule has 0 saturated carbocycles. The maximum atomic E-state index is 11.6. The van der Waals surface area contributed by atoms with E-state index >= 15 is 0 Å². The number of nitrogens with one attached hydrogen (secondary N) is 1. The quantitative estimate of drug-likeness (QED) is 0.823. The molecule has 0 spiro atoms. The van der Waals surface area contributed by atoms with Crippen molar-refractivity contribution in [3.63, 3.8) is 0 Å². The highest BCUT2D eigenvalue weighted by atomic mass is 16.1. The van der Waals surface area contributed by atoms with Crippen LogP contribution in [-0.4, -0.2) is 20.0 Å². The van der Waals surface area contributed by atoms with Crippen molar-refractivity contribution in [2.24, 2.45) is 5.92 Å². The molecule has 0 fully saturated rings. The van der Waals surface area contributed by atoms with Crippen molar-refractivity contribution in [3.8, 4) is 0 Å². The van der Waals surface area contributed by atoms with Crippen molar-refractivity contribution in [2.45, 2.75) is 13.8 Å². The molecule has 0 bridgehead atoms. The topological polar surface area (TPSA) is 32.3 Å². The molecule has 1 rings (SSSR count). The average molecular weight is 206 g/mol. The van der Waals surface area contributed by atoms with E-state index in [0.717, 1.165) is 11.4 Å². The third-order valence-electron chi connectivity index (χ3n) is 2.17. The van der Waals surface area contributed by atoms with Crippen LogP contribution < -0.4 is 10.2 Å². The van der Waals surface area contributed by atoms with Gasteiger partial charge in [-0.3, -0.25) is 4.79 Å². The summed E-state index contributed by atoms with van der Waals surface area (Å²) in [6.45, 7) is 3.77. The van der Waals surface area contributed by atoms with Gasteiger partial charge >= 0.3 is 0 Å². The van der Waals surface area contributed by atoms with Crippen LogP contribution in [0.3, 0.4) is 0 Å². The van der Waals surface area contributed by atoms with E-state index in [4.69, 9.17) is 0 Å². The van der Waals surface area contributed by atoms with Gasteiger partial charge in [0.05, 0.1) is 11.4 Å². The highest BCUT2D eigenvalue weighted by Crippen LogP contribution is 2.23. The lowest BCUT2D eigenvalue weighted by molar-refractivity contribution is -0.118. The largest absolute Gasteiger partial charge is 0.376 e. The number of carbonyl (C=O) groups excluding carboxylic acids is 1. The molecule has 1 N–H and O–H groups in total. The number of benzene rings is 1. The van der Waals surface area contributed by atoms with Crippen molar-refractivity contribution in [3.05, 3.63) is 24.3 Å². The monoisotopic (exact) mass is 206 g/mol. The lowest BCUT2D eigenvalue weighted by atomic mass is 10.2. The summed E-state index contributed by atoms with van der Waals surface area (Å²) < 4.78 is 0. The van der Waals surface area contributed by atoms with Gasteiger partial charge in [0.1, 0.15) is 0 Å². The molecule has 1 aromatic carbocycles. The molecule has 3 nitrogen and oxygen atoms in total. The Balaban J connectivity index is 2.89. The number of hydrogen-bond donors (Lipinski definition) is 1. The normalized spacial score (nSPS) is 10.2. The van der Waals surface area contributed by atoms with Gasteiger partial charge in [0.15, 0.2) is 0 Å². The van der Waals surface area contributed by atoms with Crippen molar-refractivity contribution in [2.75, 3.05) is 24.3 Å². The Morgan fingerprint density at radius 2 is 1.87 bits per heavy atom. The van der Waals surface area contributed by atoms with Crippen molar-refractivity contribution >= 4 is 17.3 Å². The van der Waals surface area contributed by atoms with Gasteiger partial charge in [-0.2, -0.15) is 0 Å². The van der Waals surface area contributed by atoms with Crippen molar-refractivity contribution in [1.82, 2.24) is 0 Å². The second-order valence-corrected chi connectivity index (χ2v) is 4.06. The minimum absolute atomic E-state index is 0.000202. The Labute approximate surface area is 91.1 Å². The van der Waals surface area contributed by atoms with Crippen LogP contribution in [0.25, 0.3) is 0 Å². The third-order valence-corrected chi connectivity index (χ3v) is 2.17. The summed E-state index contributed by atoms with van der Waals surface area (Å²) in [7, 11) is 3.92. The van der Waals surface area contributed by atoms with Crippen LogP contribution >= 0.6 is 0 Å². The first kappa shape index (κ1) is 11.6. The van der Waals surface area contributed by atoms with Gasteiger partial charge < -0.3 is 10.2 Å². The molecule has 0 unspecified atom stereocenters. The number of rotatable bonds is 3. The Kier molecular flexibility index (Phi) is 3.72. The van der Waals surface area contributed by atoms with Crippen LogP contribution in [0.2, 0.25) is 0 Å². The molecular formula is C12H18N2O. The Bertz CT molecular complexity index is 345. The van der Waals surface area contributed by atoms with E-state index in [0.29, 0.717) is 0 Å². The minimum Gasteiger partial charge on any atom is -0.376 e. The fourth-order valence-electron chi connectivity index (χ4n) is 1.25. The van der Waals surface area contributed by atoms with Gasteiger partial charge in [0.25, 0.3) is 0 Å². The second kappa shape index (κ2) is 4.82.